The van der Waals surface area contributed by atoms with Crippen molar-refractivity contribution in [1.29, 1.82) is 0 Å². The van der Waals surface area contributed by atoms with Crippen molar-refractivity contribution in [3.8, 4) is 5.75 Å². The van der Waals surface area contributed by atoms with Gasteiger partial charge in [-0.2, -0.15) is 0 Å². The Labute approximate surface area is 144 Å². The van der Waals surface area contributed by atoms with Gasteiger partial charge in [0.15, 0.2) is 0 Å². The fraction of sp³-hybridized carbons (Fsp3) is 0.333. The zero-order valence-electron chi connectivity index (χ0n) is 13.6. The van der Waals surface area contributed by atoms with Gasteiger partial charge in [-0.15, -0.1) is 0 Å². The molecule has 6 nitrogen and oxygen atoms in total. The number of nitro groups is 1. The Kier molecular flexibility index (Phi) is 5.14. The molecule has 1 saturated heterocycles. The van der Waals surface area contributed by atoms with Crippen LogP contribution in [0.1, 0.15) is 18.4 Å². The van der Waals surface area contributed by atoms with E-state index in [1.807, 2.05) is 4.90 Å². The smallest absolute Gasteiger partial charge is 0.292 e. The maximum absolute atomic E-state index is 12.9. The van der Waals surface area contributed by atoms with E-state index in [9.17, 15) is 19.6 Å². The first kappa shape index (κ1) is 17.2. The SMILES string of the molecule is O=[N+]([O-])c1ccc(CO)cc1N1CCC(Oc2ccc(F)cc2)CC1. The molecule has 0 unspecified atom stereocenters. The first-order valence-corrected chi connectivity index (χ1v) is 8.12. The van der Waals surface area contributed by atoms with Crippen molar-refractivity contribution in [3.63, 3.8) is 0 Å². The summed E-state index contributed by atoms with van der Waals surface area (Å²) in [5.41, 5.74) is 1.21. The molecule has 0 amide bonds. The lowest BCUT2D eigenvalue weighted by Gasteiger charge is -2.33. The molecule has 132 valence electrons. The second kappa shape index (κ2) is 7.48. The third-order valence-electron chi connectivity index (χ3n) is 4.32. The van der Waals surface area contributed by atoms with Crippen molar-refractivity contribution < 1.29 is 19.2 Å². The van der Waals surface area contributed by atoms with Gasteiger partial charge >= 0.3 is 0 Å². The highest BCUT2D eigenvalue weighted by Crippen LogP contribution is 2.32. The number of ether oxygens (including phenoxy) is 1. The van der Waals surface area contributed by atoms with Gasteiger partial charge in [-0.25, -0.2) is 4.39 Å². The summed E-state index contributed by atoms with van der Waals surface area (Å²) in [6, 6.07) is 10.6. The minimum atomic E-state index is -0.405. The molecule has 1 aliphatic rings. The molecule has 3 rings (SSSR count). The van der Waals surface area contributed by atoms with Gasteiger partial charge in [-0.1, -0.05) is 0 Å². The minimum absolute atomic E-state index is 0.0122. The molecule has 1 aliphatic heterocycles. The van der Waals surface area contributed by atoms with Crippen molar-refractivity contribution in [2.75, 3.05) is 18.0 Å². The Balaban J connectivity index is 1.67. The lowest BCUT2D eigenvalue weighted by atomic mass is 10.1. The molecular formula is C18H19FN2O4. The van der Waals surface area contributed by atoms with Crippen LogP contribution in [0.4, 0.5) is 15.8 Å². The Morgan fingerprint density at radius 1 is 1.20 bits per heavy atom. The van der Waals surface area contributed by atoms with Gasteiger partial charge in [-0.3, -0.25) is 10.1 Å². The Morgan fingerprint density at radius 3 is 2.48 bits per heavy atom. The molecule has 0 spiro atoms. The molecule has 1 heterocycles. The molecular weight excluding hydrogens is 327 g/mol. The standard InChI is InChI=1S/C18H19FN2O4/c19-14-2-4-15(5-3-14)25-16-7-9-20(10-8-16)18-11-13(12-22)1-6-17(18)21(23)24/h1-6,11,16,22H,7-10,12H2. The van der Waals surface area contributed by atoms with E-state index in [-0.39, 0.29) is 24.2 Å². The van der Waals surface area contributed by atoms with Crippen molar-refractivity contribution in [2.45, 2.75) is 25.6 Å². The van der Waals surface area contributed by atoms with E-state index in [0.717, 1.165) is 0 Å². The largest absolute Gasteiger partial charge is 0.490 e. The summed E-state index contributed by atoms with van der Waals surface area (Å²) >= 11 is 0. The van der Waals surface area contributed by atoms with Crippen LogP contribution in [-0.2, 0) is 6.61 Å². The first-order valence-electron chi connectivity index (χ1n) is 8.12. The quantitative estimate of drug-likeness (QED) is 0.664. The van der Waals surface area contributed by atoms with E-state index in [1.54, 1.807) is 24.3 Å². The highest BCUT2D eigenvalue weighted by Gasteiger charge is 2.26. The predicted octanol–water partition coefficient (Wildman–Crippen LogP) is 3.27. The van der Waals surface area contributed by atoms with Gasteiger partial charge in [0, 0.05) is 32.0 Å². The number of aliphatic hydroxyl groups excluding tert-OH is 1. The Morgan fingerprint density at radius 2 is 1.88 bits per heavy atom. The van der Waals surface area contributed by atoms with Crippen LogP contribution in [-0.4, -0.2) is 29.2 Å². The second-order valence-electron chi connectivity index (χ2n) is 6.00. The third-order valence-corrected chi connectivity index (χ3v) is 4.32. The summed E-state index contributed by atoms with van der Waals surface area (Å²) in [5.74, 6) is 0.311. The van der Waals surface area contributed by atoms with Crippen LogP contribution in [0.15, 0.2) is 42.5 Å². The van der Waals surface area contributed by atoms with E-state index in [2.05, 4.69) is 0 Å². The molecule has 2 aromatic carbocycles. The highest BCUT2D eigenvalue weighted by atomic mass is 19.1. The summed E-state index contributed by atoms with van der Waals surface area (Å²) in [6.07, 6.45) is 1.40. The van der Waals surface area contributed by atoms with Gasteiger partial charge < -0.3 is 14.7 Å². The van der Waals surface area contributed by atoms with E-state index < -0.39 is 4.92 Å². The topological polar surface area (TPSA) is 75.8 Å². The van der Waals surface area contributed by atoms with Gasteiger partial charge in [0.2, 0.25) is 0 Å². The number of halogens is 1. The molecule has 0 atom stereocenters. The number of piperidine rings is 1. The molecule has 7 heteroatoms. The fourth-order valence-corrected chi connectivity index (χ4v) is 3.00. The zero-order valence-corrected chi connectivity index (χ0v) is 13.6. The number of nitro benzene ring substituents is 1. The number of rotatable bonds is 5. The summed E-state index contributed by atoms with van der Waals surface area (Å²) in [5, 5.41) is 20.5. The number of hydrogen-bond acceptors (Lipinski definition) is 5. The molecule has 0 aliphatic carbocycles. The third kappa shape index (κ3) is 4.06. The van der Waals surface area contributed by atoms with E-state index in [0.29, 0.717) is 42.9 Å². The summed E-state index contributed by atoms with van der Waals surface area (Å²) in [4.78, 5) is 12.8. The molecule has 1 N–H and O–H groups in total. The molecule has 1 fully saturated rings. The average molecular weight is 346 g/mol. The zero-order chi connectivity index (χ0) is 17.8. The van der Waals surface area contributed by atoms with E-state index in [4.69, 9.17) is 4.74 Å². The normalized spacial score (nSPS) is 15.2. The number of nitrogens with zero attached hydrogens (tertiary/aromatic N) is 2. The summed E-state index contributed by atoms with van der Waals surface area (Å²) in [6.45, 7) is 1.07. The molecule has 0 radical (unpaired) electrons. The van der Waals surface area contributed by atoms with Crippen LogP contribution >= 0.6 is 0 Å². The maximum Gasteiger partial charge on any atom is 0.292 e. The summed E-state index contributed by atoms with van der Waals surface area (Å²) in [7, 11) is 0. The minimum Gasteiger partial charge on any atom is -0.490 e. The van der Waals surface area contributed by atoms with Crippen molar-refractivity contribution >= 4 is 11.4 Å². The Hall–Kier alpha value is -2.67. The molecule has 0 bridgehead atoms. The molecule has 0 saturated carbocycles. The molecule has 2 aromatic rings. The van der Waals surface area contributed by atoms with Gasteiger partial charge in [0.05, 0.1) is 11.5 Å². The van der Waals surface area contributed by atoms with Crippen LogP contribution in [0.2, 0.25) is 0 Å². The number of benzene rings is 2. The highest BCUT2D eigenvalue weighted by molar-refractivity contribution is 5.64. The Bertz CT molecular complexity index is 743. The molecule has 0 aromatic heterocycles. The van der Waals surface area contributed by atoms with Crippen LogP contribution in [0.3, 0.4) is 0 Å². The van der Waals surface area contributed by atoms with Crippen molar-refractivity contribution in [1.82, 2.24) is 0 Å². The number of hydrogen-bond donors (Lipinski definition) is 1. The van der Waals surface area contributed by atoms with Gasteiger partial charge in [-0.05, 0) is 42.0 Å². The van der Waals surface area contributed by atoms with Gasteiger partial charge in [0.1, 0.15) is 23.4 Å². The van der Waals surface area contributed by atoms with Crippen LogP contribution in [0.25, 0.3) is 0 Å². The second-order valence-corrected chi connectivity index (χ2v) is 6.00. The van der Waals surface area contributed by atoms with Crippen LogP contribution < -0.4 is 9.64 Å². The lowest BCUT2D eigenvalue weighted by molar-refractivity contribution is -0.384. The van der Waals surface area contributed by atoms with Crippen LogP contribution in [0.5, 0.6) is 5.75 Å². The average Bonchev–Trinajstić information content (AvgIpc) is 2.63. The van der Waals surface area contributed by atoms with Crippen molar-refractivity contribution in [2.24, 2.45) is 0 Å². The van der Waals surface area contributed by atoms with E-state index in [1.165, 1.54) is 18.2 Å². The first-order chi connectivity index (χ1) is 12.1. The van der Waals surface area contributed by atoms with Crippen molar-refractivity contribution in [3.05, 3.63) is 64.0 Å². The number of anilines is 1. The summed E-state index contributed by atoms with van der Waals surface area (Å²) < 4.78 is 18.8. The van der Waals surface area contributed by atoms with Gasteiger partial charge in [0.25, 0.3) is 5.69 Å². The fourth-order valence-electron chi connectivity index (χ4n) is 3.00. The monoisotopic (exact) mass is 346 g/mol. The number of aliphatic hydroxyl groups is 1. The van der Waals surface area contributed by atoms with Crippen LogP contribution in [0, 0.1) is 15.9 Å². The lowest BCUT2D eigenvalue weighted by Crippen LogP contribution is -2.38. The van der Waals surface area contributed by atoms with E-state index >= 15 is 0 Å². The molecule has 25 heavy (non-hydrogen) atoms. The maximum atomic E-state index is 12.9. The predicted molar refractivity (Wildman–Crippen MR) is 91.3 cm³/mol.